The highest BCUT2D eigenvalue weighted by atomic mass is 15.3. The van der Waals surface area contributed by atoms with Gasteiger partial charge in [0.05, 0.1) is 0 Å². The minimum Gasteiger partial charge on any atom is -0.356 e. The molecule has 0 spiro atoms. The first-order valence-corrected chi connectivity index (χ1v) is 8.31. The summed E-state index contributed by atoms with van der Waals surface area (Å²) in [7, 11) is 3.99. The Balaban J connectivity index is 2.12. The minimum absolute atomic E-state index is 0.926. The Kier molecular flexibility index (Phi) is 8.67. The van der Waals surface area contributed by atoms with Gasteiger partial charge in [0.1, 0.15) is 0 Å². The van der Waals surface area contributed by atoms with E-state index in [-0.39, 0.29) is 0 Å². The fourth-order valence-corrected chi connectivity index (χ4v) is 2.67. The fraction of sp³-hybridized carbons (Fsp3) is 0.938. The molecule has 4 heteroatoms. The van der Waals surface area contributed by atoms with Crippen LogP contribution in [-0.2, 0) is 0 Å². The van der Waals surface area contributed by atoms with Crippen LogP contribution in [0.25, 0.3) is 0 Å². The molecule has 20 heavy (non-hydrogen) atoms. The average molecular weight is 282 g/mol. The van der Waals surface area contributed by atoms with Gasteiger partial charge >= 0.3 is 0 Å². The predicted molar refractivity (Wildman–Crippen MR) is 88.4 cm³/mol. The average Bonchev–Trinajstić information content (AvgIpc) is 2.46. The van der Waals surface area contributed by atoms with Crippen molar-refractivity contribution >= 4 is 5.96 Å². The molecule has 1 N–H and O–H groups in total. The third-order valence-electron chi connectivity index (χ3n) is 4.23. The maximum Gasteiger partial charge on any atom is 0.193 e. The van der Waals surface area contributed by atoms with Crippen LogP contribution in [0.1, 0.15) is 46.0 Å². The van der Waals surface area contributed by atoms with Gasteiger partial charge in [-0.15, -0.1) is 0 Å². The maximum atomic E-state index is 4.35. The second-order valence-electron chi connectivity index (χ2n) is 6.13. The van der Waals surface area contributed by atoms with E-state index in [4.69, 9.17) is 0 Å². The Labute approximate surface area is 125 Å². The number of nitrogens with one attached hydrogen (secondary N) is 1. The van der Waals surface area contributed by atoms with Gasteiger partial charge < -0.3 is 15.1 Å². The highest BCUT2D eigenvalue weighted by molar-refractivity contribution is 5.79. The van der Waals surface area contributed by atoms with Gasteiger partial charge in [0.2, 0.25) is 0 Å². The number of guanidine groups is 1. The SMILES string of the molecule is CCCCN(C)C(=NC)NCCCN1CCC(C)CC1. The summed E-state index contributed by atoms with van der Waals surface area (Å²) in [6.45, 7) is 10.5. The first kappa shape index (κ1) is 17.3. The predicted octanol–water partition coefficient (Wildman–Crippen LogP) is 2.42. The highest BCUT2D eigenvalue weighted by Gasteiger charge is 2.14. The number of nitrogens with zero attached hydrogens (tertiary/aromatic N) is 3. The first-order valence-electron chi connectivity index (χ1n) is 8.31. The topological polar surface area (TPSA) is 30.9 Å². The molecule has 1 aliphatic heterocycles. The number of hydrogen-bond acceptors (Lipinski definition) is 2. The lowest BCUT2D eigenvalue weighted by molar-refractivity contribution is 0.191. The molecular formula is C16H34N4. The lowest BCUT2D eigenvalue weighted by Gasteiger charge is -2.30. The smallest absolute Gasteiger partial charge is 0.193 e. The molecule has 0 aromatic carbocycles. The molecule has 4 nitrogen and oxygen atoms in total. The van der Waals surface area contributed by atoms with Crippen LogP contribution in [0.4, 0.5) is 0 Å². The molecule has 1 fully saturated rings. The first-order chi connectivity index (χ1) is 9.67. The van der Waals surface area contributed by atoms with Crippen LogP contribution in [0.3, 0.4) is 0 Å². The van der Waals surface area contributed by atoms with E-state index in [1.165, 1.54) is 51.7 Å². The second-order valence-corrected chi connectivity index (χ2v) is 6.13. The summed E-state index contributed by atoms with van der Waals surface area (Å²) in [4.78, 5) is 9.18. The Morgan fingerprint density at radius 1 is 1.30 bits per heavy atom. The molecule has 0 saturated carbocycles. The van der Waals surface area contributed by atoms with Gasteiger partial charge in [0.15, 0.2) is 5.96 Å². The molecular weight excluding hydrogens is 248 g/mol. The Morgan fingerprint density at radius 3 is 2.60 bits per heavy atom. The van der Waals surface area contributed by atoms with Crippen LogP contribution in [0.2, 0.25) is 0 Å². The van der Waals surface area contributed by atoms with Crippen LogP contribution in [-0.4, -0.2) is 62.6 Å². The highest BCUT2D eigenvalue weighted by Crippen LogP contribution is 2.15. The van der Waals surface area contributed by atoms with Gasteiger partial charge in [0, 0.05) is 27.2 Å². The Hall–Kier alpha value is -0.770. The van der Waals surface area contributed by atoms with E-state index in [0.29, 0.717) is 0 Å². The van der Waals surface area contributed by atoms with Gasteiger partial charge in [-0.3, -0.25) is 4.99 Å². The van der Waals surface area contributed by atoms with Crippen molar-refractivity contribution < 1.29 is 0 Å². The number of hydrogen-bond donors (Lipinski definition) is 1. The molecule has 0 atom stereocenters. The quantitative estimate of drug-likeness (QED) is 0.442. The summed E-state index contributed by atoms with van der Waals surface area (Å²) in [6, 6.07) is 0. The zero-order valence-electron chi connectivity index (χ0n) is 14.0. The van der Waals surface area contributed by atoms with E-state index in [0.717, 1.165) is 25.0 Å². The van der Waals surface area contributed by atoms with Crippen LogP contribution in [0, 0.1) is 5.92 Å². The number of likely N-dealkylation sites (tertiary alicyclic amines) is 1. The number of piperidine rings is 1. The summed E-state index contributed by atoms with van der Waals surface area (Å²) >= 11 is 0. The number of aliphatic imine (C=N–C) groups is 1. The largest absolute Gasteiger partial charge is 0.356 e. The monoisotopic (exact) mass is 282 g/mol. The van der Waals surface area contributed by atoms with E-state index in [2.05, 4.69) is 41.0 Å². The fourth-order valence-electron chi connectivity index (χ4n) is 2.67. The molecule has 0 aliphatic carbocycles. The van der Waals surface area contributed by atoms with Crippen molar-refractivity contribution in [1.82, 2.24) is 15.1 Å². The van der Waals surface area contributed by atoms with Crippen molar-refractivity contribution in [3.8, 4) is 0 Å². The van der Waals surface area contributed by atoms with Gasteiger partial charge in [-0.05, 0) is 51.2 Å². The van der Waals surface area contributed by atoms with Crippen molar-refractivity contribution in [2.24, 2.45) is 10.9 Å². The van der Waals surface area contributed by atoms with E-state index in [1.807, 2.05) is 7.05 Å². The molecule has 0 radical (unpaired) electrons. The second kappa shape index (κ2) is 10.0. The molecule has 1 heterocycles. The summed E-state index contributed by atoms with van der Waals surface area (Å²) < 4.78 is 0. The molecule has 1 saturated heterocycles. The molecule has 0 bridgehead atoms. The lowest BCUT2D eigenvalue weighted by atomic mass is 9.99. The molecule has 0 unspecified atom stereocenters. The molecule has 0 aromatic rings. The van der Waals surface area contributed by atoms with Crippen LogP contribution >= 0.6 is 0 Å². The van der Waals surface area contributed by atoms with E-state index in [9.17, 15) is 0 Å². The van der Waals surface area contributed by atoms with Crippen molar-refractivity contribution in [3.05, 3.63) is 0 Å². The number of rotatable bonds is 7. The van der Waals surface area contributed by atoms with Gasteiger partial charge in [-0.2, -0.15) is 0 Å². The van der Waals surface area contributed by atoms with Crippen LogP contribution < -0.4 is 5.32 Å². The molecule has 1 rings (SSSR count). The minimum atomic E-state index is 0.926. The standard InChI is InChI=1S/C16H34N4/c1-5-6-11-19(4)16(17-3)18-10-7-12-20-13-8-15(2)9-14-20/h15H,5-14H2,1-4H3,(H,17,18). The normalized spacial score (nSPS) is 18.3. The maximum absolute atomic E-state index is 4.35. The third-order valence-corrected chi connectivity index (χ3v) is 4.23. The molecule has 0 amide bonds. The van der Waals surface area contributed by atoms with Gasteiger partial charge in [0.25, 0.3) is 0 Å². The molecule has 0 aromatic heterocycles. The van der Waals surface area contributed by atoms with Gasteiger partial charge in [-0.1, -0.05) is 20.3 Å². The Morgan fingerprint density at radius 2 is 2.00 bits per heavy atom. The van der Waals surface area contributed by atoms with Crippen molar-refractivity contribution in [3.63, 3.8) is 0 Å². The lowest BCUT2D eigenvalue weighted by Crippen LogP contribution is -2.41. The van der Waals surface area contributed by atoms with E-state index in [1.54, 1.807) is 0 Å². The summed E-state index contributed by atoms with van der Waals surface area (Å²) in [5, 5.41) is 3.48. The van der Waals surface area contributed by atoms with Crippen LogP contribution in [0.5, 0.6) is 0 Å². The van der Waals surface area contributed by atoms with Crippen LogP contribution in [0.15, 0.2) is 4.99 Å². The third kappa shape index (κ3) is 6.60. The summed E-state index contributed by atoms with van der Waals surface area (Å²) in [5.74, 6) is 1.96. The number of unbranched alkanes of at least 4 members (excludes halogenated alkanes) is 1. The van der Waals surface area contributed by atoms with Crippen molar-refractivity contribution in [1.29, 1.82) is 0 Å². The van der Waals surface area contributed by atoms with Crippen molar-refractivity contribution in [2.45, 2.75) is 46.0 Å². The Bertz CT molecular complexity index is 270. The van der Waals surface area contributed by atoms with Gasteiger partial charge in [-0.25, -0.2) is 0 Å². The van der Waals surface area contributed by atoms with Crippen molar-refractivity contribution in [2.75, 3.05) is 46.8 Å². The summed E-state index contributed by atoms with van der Waals surface area (Å²) in [5.41, 5.74) is 0. The van der Waals surface area contributed by atoms with E-state index < -0.39 is 0 Å². The zero-order valence-corrected chi connectivity index (χ0v) is 14.0. The summed E-state index contributed by atoms with van der Waals surface area (Å²) in [6.07, 6.45) is 6.40. The molecule has 1 aliphatic rings. The zero-order chi connectivity index (χ0) is 14.8. The molecule has 118 valence electrons. The van der Waals surface area contributed by atoms with E-state index >= 15 is 0 Å².